The monoisotopic (exact) mass is 306 g/mol. The number of furan rings is 1. The number of hydrogen-bond acceptors (Lipinski definition) is 3. The van der Waals surface area contributed by atoms with E-state index in [1.807, 2.05) is 0 Å². The fraction of sp³-hybridized carbons (Fsp3) is 0.200. The fourth-order valence-corrected chi connectivity index (χ4v) is 1.94. The number of nitrogens with one attached hydrogen (secondary N) is 2. The van der Waals surface area contributed by atoms with Crippen molar-refractivity contribution in [2.45, 2.75) is 13.0 Å². The second kappa shape index (κ2) is 7.50. The van der Waals surface area contributed by atoms with Gasteiger partial charge in [-0.15, -0.1) is 0 Å². The van der Waals surface area contributed by atoms with Crippen molar-refractivity contribution >= 4 is 23.4 Å². The van der Waals surface area contributed by atoms with E-state index in [-0.39, 0.29) is 24.8 Å². The Morgan fingerprint density at radius 1 is 1.10 bits per heavy atom. The highest BCUT2D eigenvalue weighted by Crippen LogP contribution is 2.14. The second-order valence-electron chi connectivity index (χ2n) is 4.34. The first-order valence-corrected chi connectivity index (χ1v) is 6.86. The molecule has 0 aliphatic carbocycles. The van der Waals surface area contributed by atoms with Crippen LogP contribution in [0.3, 0.4) is 0 Å². The van der Waals surface area contributed by atoms with Crippen LogP contribution in [0.25, 0.3) is 0 Å². The van der Waals surface area contributed by atoms with E-state index in [9.17, 15) is 9.59 Å². The van der Waals surface area contributed by atoms with Crippen molar-refractivity contribution in [2.24, 2.45) is 0 Å². The van der Waals surface area contributed by atoms with E-state index in [2.05, 4.69) is 10.6 Å². The maximum atomic E-state index is 11.8. The zero-order chi connectivity index (χ0) is 15.1. The Labute approximate surface area is 127 Å². The lowest BCUT2D eigenvalue weighted by atomic mass is 10.2. The van der Waals surface area contributed by atoms with E-state index in [1.54, 1.807) is 42.7 Å². The van der Waals surface area contributed by atoms with Crippen LogP contribution in [-0.2, 0) is 11.3 Å². The molecule has 0 spiro atoms. The average molecular weight is 307 g/mol. The number of hydrogen-bond donors (Lipinski definition) is 2. The molecule has 1 aromatic heterocycles. The van der Waals surface area contributed by atoms with Gasteiger partial charge in [0.25, 0.3) is 5.91 Å². The summed E-state index contributed by atoms with van der Waals surface area (Å²) in [5, 5.41) is 5.74. The highest BCUT2D eigenvalue weighted by molar-refractivity contribution is 6.33. The van der Waals surface area contributed by atoms with E-state index >= 15 is 0 Å². The molecule has 0 fully saturated rings. The second-order valence-corrected chi connectivity index (χ2v) is 4.75. The van der Waals surface area contributed by atoms with Crippen LogP contribution in [-0.4, -0.2) is 18.4 Å². The Hall–Kier alpha value is -2.27. The zero-order valence-electron chi connectivity index (χ0n) is 11.3. The first kappa shape index (κ1) is 15.1. The third kappa shape index (κ3) is 4.65. The normalized spacial score (nSPS) is 10.1. The lowest BCUT2D eigenvalue weighted by molar-refractivity contribution is -0.121. The molecule has 0 aliphatic heterocycles. The molecule has 0 bridgehead atoms. The summed E-state index contributed by atoms with van der Waals surface area (Å²) < 4.78 is 5.10. The minimum atomic E-state index is -0.292. The van der Waals surface area contributed by atoms with Gasteiger partial charge in [-0.25, -0.2) is 0 Å². The predicted molar refractivity (Wildman–Crippen MR) is 79.0 cm³/mol. The van der Waals surface area contributed by atoms with Crippen LogP contribution in [0.5, 0.6) is 0 Å². The number of carbonyl (C=O) groups excluding carboxylic acids is 2. The van der Waals surface area contributed by atoms with Crippen molar-refractivity contribution in [3.05, 3.63) is 59.0 Å². The summed E-state index contributed by atoms with van der Waals surface area (Å²) in [4.78, 5) is 23.4. The predicted octanol–water partition coefficient (Wildman–Crippen LogP) is 2.37. The molecule has 2 amide bonds. The Morgan fingerprint density at radius 2 is 1.90 bits per heavy atom. The van der Waals surface area contributed by atoms with Gasteiger partial charge in [-0.2, -0.15) is 0 Å². The lowest BCUT2D eigenvalue weighted by Crippen LogP contribution is -2.30. The van der Waals surface area contributed by atoms with Crippen molar-refractivity contribution in [2.75, 3.05) is 6.54 Å². The van der Waals surface area contributed by atoms with Gasteiger partial charge in [0, 0.05) is 13.0 Å². The van der Waals surface area contributed by atoms with Gasteiger partial charge in [-0.3, -0.25) is 9.59 Å². The van der Waals surface area contributed by atoms with Gasteiger partial charge < -0.3 is 15.1 Å². The molecule has 0 atom stereocenters. The van der Waals surface area contributed by atoms with Crippen LogP contribution in [0.15, 0.2) is 47.1 Å². The molecule has 0 unspecified atom stereocenters. The van der Waals surface area contributed by atoms with Gasteiger partial charge in [-0.1, -0.05) is 23.7 Å². The molecule has 2 N–H and O–H groups in total. The SMILES string of the molecule is O=C(CCNC(=O)c1ccccc1Cl)NCc1ccco1. The molecule has 0 aliphatic rings. The van der Waals surface area contributed by atoms with E-state index in [0.29, 0.717) is 22.9 Å². The summed E-state index contributed by atoms with van der Waals surface area (Å²) in [6.07, 6.45) is 1.74. The Kier molecular flexibility index (Phi) is 5.40. The number of benzene rings is 1. The largest absolute Gasteiger partial charge is 0.467 e. The van der Waals surface area contributed by atoms with Crippen LogP contribution >= 0.6 is 11.6 Å². The molecule has 0 radical (unpaired) electrons. The van der Waals surface area contributed by atoms with Gasteiger partial charge >= 0.3 is 0 Å². The number of amides is 2. The topological polar surface area (TPSA) is 71.3 Å². The van der Waals surface area contributed by atoms with E-state index in [1.165, 1.54) is 0 Å². The number of halogens is 1. The third-order valence-corrected chi connectivity index (χ3v) is 3.13. The molecular weight excluding hydrogens is 292 g/mol. The minimum absolute atomic E-state index is 0.161. The summed E-state index contributed by atoms with van der Waals surface area (Å²) in [5.74, 6) is 0.230. The van der Waals surface area contributed by atoms with Crippen LogP contribution in [0.2, 0.25) is 5.02 Å². The van der Waals surface area contributed by atoms with Gasteiger partial charge in [-0.05, 0) is 24.3 Å². The first-order chi connectivity index (χ1) is 10.2. The summed E-state index contributed by atoms with van der Waals surface area (Å²) in [6, 6.07) is 10.3. The number of carbonyl (C=O) groups is 2. The standard InChI is InChI=1S/C15H15ClN2O3/c16-13-6-2-1-5-12(13)15(20)17-8-7-14(19)18-10-11-4-3-9-21-11/h1-6,9H,7-8,10H2,(H,17,20)(H,18,19). The van der Waals surface area contributed by atoms with Crippen LogP contribution < -0.4 is 10.6 Å². The molecule has 5 nitrogen and oxygen atoms in total. The average Bonchev–Trinajstić information content (AvgIpc) is 2.99. The van der Waals surface area contributed by atoms with Gasteiger partial charge in [0.15, 0.2) is 0 Å². The van der Waals surface area contributed by atoms with Crippen LogP contribution in [0.1, 0.15) is 22.5 Å². The van der Waals surface area contributed by atoms with Gasteiger partial charge in [0.05, 0.1) is 23.4 Å². The van der Waals surface area contributed by atoms with Gasteiger partial charge in [0.1, 0.15) is 5.76 Å². The maximum Gasteiger partial charge on any atom is 0.252 e. The Bertz CT molecular complexity index is 611. The highest BCUT2D eigenvalue weighted by Gasteiger charge is 2.09. The van der Waals surface area contributed by atoms with Crippen LogP contribution in [0, 0.1) is 0 Å². The van der Waals surface area contributed by atoms with E-state index in [0.717, 1.165) is 0 Å². The molecule has 6 heteroatoms. The molecule has 1 aromatic carbocycles. The summed E-state index contributed by atoms with van der Waals surface area (Å²) in [6.45, 7) is 0.582. The fourth-order valence-electron chi connectivity index (χ4n) is 1.72. The summed E-state index contributed by atoms with van der Waals surface area (Å²) in [5.41, 5.74) is 0.398. The van der Waals surface area contributed by atoms with E-state index in [4.69, 9.17) is 16.0 Å². The molecule has 0 saturated carbocycles. The Morgan fingerprint density at radius 3 is 2.62 bits per heavy atom. The molecule has 2 aromatic rings. The molecule has 2 rings (SSSR count). The summed E-state index contributed by atoms with van der Waals surface area (Å²) in [7, 11) is 0. The van der Waals surface area contributed by atoms with Crippen molar-refractivity contribution in [3.8, 4) is 0 Å². The Balaban J connectivity index is 1.70. The first-order valence-electron chi connectivity index (χ1n) is 6.48. The number of rotatable bonds is 6. The lowest BCUT2D eigenvalue weighted by Gasteiger charge is -2.07. The molecule has 1 heterocycles. The molecule has 0 saturated heterocycles. The molecule has 21 heavy (non-hydrogen) atoms. The molecular formula is C15H15ClN2O3. The van der Waals surface area contributed by atoms with Crippen molar-refractivity contribution < 1.29 is 14.0 Å². The highest BCUT2D eigenvalue weighted by atomic mass is 35.5. The van der Waals surface area contributed by atoms with Crippen molar-refractivity contribution in [1.82, 2.24) is 10.6 Å². The maximum absolute atomic E-state index is 11.8. The zero-order valence-corrected chi connectivity index (χ0v) is 12.0. The third-order valence-electron chi connectivity index (χ3n) is 2.80. The van der Waals surface area contributed by atoms with E-state index < -0.39 is 0 Å². The quantitative estimate of drug-likeness (QED) is 0.860. The molecule has 110 valence electrons. The summed E-state index contributed by atoms with van der Waals surface area (Å²) >= 11 is 5.92. The minimum Gasteiger partial charge on any atom is -0.467 e. The van der Waals surface area contributed by atoms with Gasteiger partial charge in [0.2, 0.25) is 5.91 Å². The van der Waals surface area contributed by atoms with Crippen molar-refractivity contribution in [1.29, 1.82) is 0 Å². The van der Waals surface area contributed by atoms with Crippen LogP contribution in [0.4, 0.5) is 0 Å². The smallest absolute Gasteiger partial charge is 0.252 e. The van der Waals surface area contributed by atoms with Crippen molar-refractivity contribution in [3.63, 3.8) is 0 Å².